The van der Waals surface area contributed by atoms with E-state index < -0.39 is 16.1 Å². The first-order valence-corrected chi connectivity index (χ1v) is 7.90. The number of amides is 1. The Balaban J connectivity index is 2.51. The monoisotopic (exact) mass is 293 g/mol. The Labute approximate surface area is 109 Å². The zero-order valence-electron chi connectivity index (χ0n) is 10.0. The smallest absolute Gasteiger partial charge is 0.231 e. The Morgan fingerprint density at radius 1 is 1.61 bits per heavy atom. The highest BCUT2D eigenvalue weighted by molar-refractivity contribution is 7.92. The number of thiazole rings is 1. The van der Waals surface area contributed by atoms with Crippen molar-refractivity contribution in [2.24, 2.45) is 0 Å². The maximum Gasteiger partial charge on any atom is 0.231 e. The lowest BCUT2D eigenvalue weighted by Gasteiger charge is -2.05. The van der Waals surface area contributed by atoms with Crippen LogP contribution in [0.25, 0.3) is 0 Å². The molecule has 102 valence electrons. The van der Waals surface area contributed by atoms with Gasteiger partial charge in [-0.15, -0.1) is 11.3 Å². The van der Waals surface area contributed by atoms with E-state index in [2.05, 4.69) is 15.0 Å². The van der Waals surface area contributed by atoms with E-state index >= 15 is 0 Å². The lowest BCUT2D eigenvalue weighted by Crippen LogP contribution is -2.31. The van der Waals surface area contributed by atoms with Crippen molar-refractivity contribution in [2.45, 2.75) is 19.4 Å². The molecular weight excluding hydrogens is 278 g/mol. The van der Waals surface area contributed by atoms with Crippen LogP contribution in [0.4, 0.5) is 5.13 Å². The summed E-state index contributed by atoms with van der Waals surface area (Å²) in [6.45, 7) is 1.74. The average Bonchev–Trinajstić information content (AvgIpc) is 2.59. The number of hydrogen-bond donors (Lipinski definition) is 3. The van der Waals surface area contributed by atoms with Gasteiger partial charge in [0.15, 0.2) is 5.13 Å². The number of sulfonamides is 1. The second-order valence-corrected chi connectivity index (χ2v) is 6.45. The van der Waals surface area contributed by atoms with Crippen molar-refractivity contribution in [1.29, 1.82) is 0 Å². The maximum atomic E-state index is 11.4. The van der Waals surface area contributed by atoms with Crippen molar-refractivity contribution < 1.29 is 18.3 Å². The summed E-state index contributed by atoms with van der Waals surface area (Å²) in [5.41, 5.74) is 0.481. The van der Waals surface area contributed by atoms with Crippen LogP contribution in [0.15, 0.2) is 5.38 Å². The number of hydrogen-bond acceptors (Lipinski definition) is 6. The fourth-order valence-electron chi connectivity index (χ4n) is 1.08. The number of aromatic nitrogens is 1. The molecule has 0 aromatic carbocycles. The van der Waals surface area contributed by atoms with Gasteiger partial charge in [0.1, 0.15) is 0 Å². The fraction of sp³-hybridized carbons (Fsp3) is 0.556. The van der Waals surface area contributed by atoms with Crippen LogP contribution in [0.1, 0.15) is 12.6 Å². The molecule has 0 radical (unpaired) electrons. The Bertz CT molecular complexity index is 510. The van der Waals surface area contributed by atoms with Gasteiger partial charge in [-0.1, -0.05) is 0 Å². The van der Waals surface area contributed by atoms with E-state index in [-0.39, 0.29) is 24.0 Å². The van der Waals surface area contributed by atoms with Crippen molar-refractivity contribution in [3.05, 3.63) is 11.1 Å². The summed E-state index contributed by atoms with van der Waals surface area (Å²) in [7, 11) is -3.35. The van der Waals surface area contributed by atoms with E-state index in [0.717, 1.165) is 17.6 Å². The molecule has 18 heavy (non-hydrogen) atoms. The molecule has 3 N–H and O–H groups in total. The lowest BCUT2D eigenvalue weighted by molar-refractivity contribution is -0.120. The fourth-order valence-corrected chi connectivity index (χ4v) is 2.65. The van der Waals surface area contributed by atoms with Gasteiger partial charge >= 0.3 is 0 Å². The van der Waals surface area contributed by atoms with Gasteiger partial charge in [0.05, 0.1) is 24.5 Å². The molecule has 1 aromatic rings. The molecule has 0 aliphatic heterocycles. The minimum atomic E-state index is -3.35. The van der Waals surface area contributed by atoms with Crippen molar-refractivity contribution in [2.75, 3.05) is 17.5 Å². The summed E-state index contributed by atoms with van der Waals surface area (Å²) in [4.78, 5) is 15.4. The summed E-state index contributed by atoms with van der Waals surface area (Å²) in [6.07, 6.45) is 0.477. The van der Waals surface area contributed by atoms with Crippen molar-refractivity contribution in [3.63, 3.8) is 0 Å². The summed E-state index contributed by atoms with van der Waals surface area (Å²) < 4.78 is 24.1. The van der Waals surface area contributed by atoms with Crippen LogP contribution in [-0.2, 0) is 21.2 Å². The lowest BCUT2D eigenvalue weighted by atomic mass is 10.3. The Hall–Kier alpha value is -1.19. The van der Waals surface area contributed by atoms with Crippen LogP contribution in [0.3, 0.4) is 0 Å². The molecule has 1 heterocycles. The number of carbonyl (C=O) groups is 1. The van der Waals surface area contributed by atoms with Gasteiger partial charge in [0.2, 0.25) is 15.9 Å². The van der Waals surface area contributed by atoms with Crippen molar-refractivity contribution in [3.8, 4) is 0 Å². The molecule has 0 unspecified atom stereocenters. The molecule has 0 saturated heterocycles. The minimum Gasteiger partial charge on any atom is -0.392 e. The van der Waals surface area contributed by atoms with Crippen molar-refractivity contribution >= 4 is 32.4 Å². The molecule has 0 aliphatic carbocycles. The molecule has 0 aliphatic rings. The van der Waals surface area contributed by atoms with Crippen molar-refractivity contribution in [1.82, 2.24) is 10.3 Å². The highest BCUT2D eigenvalue weighted by Gasteiger charge is 2.10. The van der Waals surface area contributed by atoms with Gasteiger partial charge in [0.25, 0.3) is 0 Å². The number of aliphatic hydroxyl groups is 1. The number of nitrogens with zero attached hydrogens (tertiary/aromatic N) is 1. The molecule has 0 bridgehead atoms. The highest BCUT2D eigenvalue weighted by Crippen LogP contribution is 2.16. The number of nitrogens with one attached hydrogen (secondary N) is 2. The second kappa shape index (κ2) is 6.12. The zero-order valence-corrected chi connectivity index (χ0v) is 11.6. The number of anilines is 1. The van der Waals surface area contributed by atoms with Gasteiger partial charge in [0, 0.05) is 11.9 Å². The van der Waals surface area contributed by atoms with Gasteiger partial charge in [-0.25, -0.2) is 13.4 Å². The number of carbonyl (C=O) groups excluding carboxylic acids is 1. The van der Waals surface area contributed by atoms with E-state index in [1.54, 1.807) is 12.3 Å². The largest absolute Gasteiger partial charge is 0.392 e. The van der Waals surface area contributed by atoms with E-state index in [9.17, 15) is 13.2 Å². The standard InChI is InChI=1S/C9H15N3O4S2/c1-6(13)4-10-8(14)3-7-5-17-9(11-7)12-18(2,15)16/h5-6,13H,3-4H2,1-2H3,(H,10,14)(H,11,12)/t6-/m1/s1. The Morgan fingerprint density at radius 3 is 2.83 bits per heavy atom. The van der Waals surface area contributed by atoms with Gasteiger partial charge in [-0.2, -0.15) is 0 Å². The van der Waals surface area contributed by atoms with E-state index in [4.69, 9.17) is 5.11 Å². The van der Waals surface area contributed by atoms with Gasteiger partial charge < -0.3 is 10.4 Å². The molecule has 7 nitrogen and oxygen atoms in total. The predicted molar refractivity (Wildman–Crippen MR) is 69.0 cm³/mol. The van der Waals surface area contributed by atoms with Crippen LogP contribution in [-0.4, -0.2) is 43.3 Å². The maximum absolute atomic E-state index is 11.4. The number of aliphatic hydroxyl groups excluding tert-OH is 1. The normalized spacial score (nSPS) is 13.1. The first kappa shape index (κ1) is 14.9. The highest BCUT2D eigenvalue weighted by atomic mass is 32.2. The summed E-state index contributed by atoms with van der Waals surface area (Å²) in [5, 5.41) is 13.4. The third-order valence-electron chi connectivity index (χ3n) is 1.76. The first-order valence-electron chi connectivity index (χ1n) is 5.13. The van der Waals surface area contributed by atoms with E-state index in [1.165, 1.54) is 0 Å². The van der Waals surface area contributed by atoms with E-state index in [1.807, 2.05) is 0 Å². The first-order chi connectivity index (χ1) is 8.26. The summed E-state index contributed by atoms with van der Waals surface area (Å²) in [6, 6.07) is 0. The molecule has 9 heteroatoms. The topological polar surface area (TPSA) is 108 Å². The van der Waals surface area contributed by atoms with Gasteiger partial charge in [-0.05, 0) is 6.92 Å². The predicted octanol–water partition coefficient (Wildman–Crippen LogP) is -0.446. The third kappa shape index (κ3) is 5.94. The molecular formula is C9H15N3O4S2. The second-order valence-electron chi connectivity index (χ2n) is 3.85. The van der Waals surface area contributed by atoms with E-state index in [0.29, 0.717) is 5.69 Å². The van der Waals surface area contributed by atoms with Crippen LogP contribution in [0, 0.1) is 0 Å². The van der Waals surface area contributed by atoms with Crippen LogP contribution in [0.2, 0.25) is 0 Å². The molecule has 0 saturated carbocycles. The quantitative estimate of drug-likeness (QED) is 0.658. The molecule has 1 aromatic heterocycles. The molecule has 1 rings (SSSR count). The van der Waals surface area contributed by atoms with Crippen LogP contribution >= 0.6 is 11.3 Å². The molecule has 1 atom stereocenters. The van der Waals surface area contributed by atoms with Crippen LogP contribution < -0.4 is 10.0 Å². The van der Waals surface area contributed by atoms with Gasteiger partial charge in [-0.3, -0.25) is 9.52 Å². The third-order valence-corrected chi connectivity index (χ3v) is 3.26. The molecule has 0 fully saturated rings. The SMILES string of the molecule is C[C@@H](O)CNC(=O)Cc1csc(NS(C)(=O)=O)n1. The Morgan fingerprint density at radius 2 is 2.28 bits per heavy atom. The minimum absolute atomic E-state index is 0.0503. The zero-order chi connectivity index (χ0) is 13.8. The average molecular weight is 293 g/mol. The van der Waals surface area contributed by atoms with Crippen LogP contribution in [0.5, 0.6) is 0 Å². The molecule has 0 spiro atoms. The Kier molecular flexibility index (Phi) is 5.05. The summed E-state index contributed by atoms with van der Waals surface area (Å²) >= 11 is 1.11. The number of rotatable bonds is 6. The summed E-state index contributed by atoms with van der Waals surface area (Å²) in [5.74, 6) is -0.271. The molecule has 1 amide bonds.